The highest BCUT2D eigenvalue weighted by atomic mass is 35.5. The van der Waals surface area contributed by atoms with Crippen molar-refractivity contribution >= 4 is 22.6 Å². The number of benzene rings is 2. The Morgan fingerprint density at radius 1 is 1.14 bits per heavy atom. The van der Waals surface area contributed by atoms with Crippen molar-refractivity contribution in [3.05, 3.63) is 65.2 Å². The van der Waals surface area contributed by atoms with Gasteiger partial charge in [0, 0.05) is 5.56 Å². The van der Waals surface area contributed by atoms with Gasteiger partial charge in [-0.1, -0.05) is 47.6 Å². The van der Waals surface area contributed by atoms with Crippen molar-refractivity contribution < 1.29 is 14.4 Å². The van der Waals surface area contributed by atoms with E-state index in [9.17, 15) is 4.79 Å². The van der Waals surface area contributed by atoms with Crippen molar-refractivity contribution in [1.29, 1.82) is 0 Å². The van der Waals surface area contributed by atoms with Gasteiger partial charge >= 0.3 is 0 Å². The maximum Gasteiger partial charge on any atom is 0.274 e. The fourth-order valence-corrected chi connectivity index (χ4v) is 2.08. The van der Waals surface area contributed by atoms with Crippen LogP contribution in [-0.4, -0.2) is 18.1 Å². The van der Waals surface area contributed by atoms with Gasteiger partial charge in [0.25, 0.3) is 5.24 Å². The number of nitrogens with zero attached hydrogens (tertiary/aromatic N) is 1. The Morgan fingerprint density at radius 2 is 1.82 bits per heavy atom. The van der Waals surface area contributed by atoms with Crippen LogP contribution >= 0.6 is 11.6 Å². The van der Waals surface area contributed by atoms with E-state index in [1.165, 1.54) is 7.11 Å². The van der Waals surface area contributed by atoms with Crippen LogP contribution in [0.1, 0.15) is 16.7 Å². The van der Waals surface area contributed by atoms with Crippen molar-refractivity contribution in [2.24, 2.45) is 5.16 Å². The van der Waals surface area contributed by atoms with Gasteiger partial charge in [-0.25, -0.2) is 0 Å². The summed E-state index contributed by atoms with van der Waals surface area (Å²) in [6.07, 6.45) is 0. The zero-order valence-corrected chi connectivity index (χ0v) is 13.1. The topological polar surface area (TPSA) is 47.9 Å². The summed E-state index contributed by atoms with van der Waals surface area (Å²) in [4.78, 5) is 15.9. The number of hydrogen-bond acceptors (Lipinski definition) is 4. The van der Waals surface area contributed by atoms with Gasteiger partial charge in [-0.15, -0.1) is 0 Å². The lowest BCUT2D eigenvalue weighted by Crippen LogP contribution is -2.10. The minimum Gasteiger partial charge on any atom is -0.489 e. The Balaban J connectivity index is 2.08. The third-order valence-electron chi connectivity index (χ3n) is 3.08. The van der Waals surface area contributed by atoms with Crippen molar-refractivity contribution in [3.8, 4) is 5.75 Å². The molecule has 0 atom stereocenters. The Bertz CT molecular complexity index is 681. The van der Waals surface area contributed by atoms with Crippen LogP contribution in [0.3, 0.4) is 0 Å². The summed E-state index contributed by atoms with van der Waals surface area (Å²) in [7, 11) is 1.37. The number of halogens is 1. The number of carbonyl (C=O) groups is 1. The molecule has 2 rings (SSSR count). The van der Waals surface area contributed by atoms with Crippen LogP contribution in [0.25, 0.3) is 0 Å². The first-order valence-corrected chi connectivity index (χ1v) is 7.08. The smallest absolute Gasteiger partial charge is 0.274 e. The lowest BCUT2D eigenvalue weighted by molar-refractivity contribution is -0.106. The van der Waals surface area contributed by atoms with E-state index in [0.717, 1.165) is 16.9 Å². The number of ether oxygens (including phenoxy) is 1. The summed E-state index contributed by atoms with van der Waals surface area (Å²) < 4.78 is 5.77. The molecule has 0 aliphatic carbocycles. The summed E-state index contributed by atoms with van der Waals surface area (Å²) in [6.45, 7) is 2.44. The third-order valence-corrected chi connectivity index (χ3v) is 3.26. The summed E-state index contributed by atoms with van der Waals surface area (Å²) in [5, 5.41) is 2.97. The Kier molecular flexibility index (Phi) is 5.55. The molecule has 0 saturated heterocycles. The summed E-state index contributed by atoms with van der Waals surface area (Å²) in [5.41, 5.74) is 2.74. The fraction of sp³-hybridized carbons (Fsp3) is 0.176. The molecule has 0 heterocycles. The first kappa shape index (κ1) is 16.0. The summed E-state index contributed by atoms with van der Waals surface area (Å²) in [5.74, 6) is 0.851. The molecule has 4 nitrogen and oxygen atoms in total. The second-order valence-corrected chi connectivity index (χ2v) is 4.99. The Hall–Kier alpha value is -2.33. The summed E-state index contributed by atoms with van der Waals surface area (Å²) in [6, 6.07) is 15.1. The van der Waals surface area contributed by atoms with Gasteiger partial charge in [0.2, 0.25) is 0 Å². The molecular formula is C17H16ClNO3. The SMILES string of the molecule is CON=C(C(=O)Cl)c1ccc(COc2ccccc2C)cc1. The predicted molar refractivity (Wildman–Crippen MR) is 86.4 cm³/mol. The average Bonchev–Trinajstić information content (AvgIpc) is 2.52. The zero-order chi connectivity index (χ0) is 15.9. The molecule has 0 aliphatic heterocycles. The second-order valence-electron chi connectivity index (χ2n) is 4.65. The average molecular weight is 318 g/mol. The molecule has 0 N–H and O–H groups in total. The first-order chi connectivity index (χ1) is 10.6. The van der Waals surface area contributed by atoms with Crippen molar-refractivity contribution in [2.45, 2.75) is 13.5 Å². The van der Waals surface area contributed by atoms with Gasteiger partial charge in [0.15, 0.2) is 5.71 Å². The van der Waals surface area contributed by atoms with E-state index < -0.39 is 5.24 Å². The second kappa shape index (κ2) is 7.61. The first-order valence-electron chi connectivity index (χ1n) is 6.70. The van der Waals surface area contributed by atoms with E-state index in [4.69, 9.17) is 16.3 Å². The maximum atomic E-state index is 11.3. The third kappa shape index (κ3) is 4.09. The van der Waals surface area contributed by atoms with Gasteiger partial charge in [0.05, 0.1) is 0 Å². The standard InChI is InChI=1S/C17H16ClNO3/c1-12-5-3-4-6-15(12)22-11-13-7-9-14(10-8-13)16(17(18)20)19-21-2/h3-10H,11H2,1-2H3. The quantitative estimate of drug-likeness (QED) is 0.464. The number of rotatable bonds is 6. The Labute approximate surface area is 134 Å². The summed E-state index contributed by atoms with van der Waals surface area (Å²) >= 11 is 5.48. The molecule has 0 aliphatic rings. The van der Waals surface area contributed by atoms with Crippen LogP contribution < -0.4 is 4.74 Å². The van der Waals surface area contributed by atoms with Gasteiger partial charge in [-0.05, 0) is 35.7 Å². The van der Waals surface area contributed by atoms with Crippen LogP contribution in [0.15, 0.2) is 53.7 Å². The van der Waals surface area contributed by atoms with E-state index in [2.05, 4.69) is 9.99 Å². The van der Waals surface area contributed by atoms with E-state index in [1.807, 2.05) is 43.3 Å². The van der Waals surface area contributed by atoms with Crippen molar-refractivity contribution in [1.82, 2.24) is 0 Å². The molecule has 114 valence electrons. The van der Waals surface area contributed by atoms with Crippen LogP contribution in [-0.2, 0) is 16.2 Å². The molecule has 2 aromatic rings. The van der Waals surface area contributed by atoms with Gasteiger partial charge in [0.1, 0.15) is 19.5 Å². The highest BCUT2D eigenvalue weighted by Gasteiger charge is 2.12. The molecule has 0 unspecified atom stereocenters. The highest BCUT2D eigenvalue weighted by molar-refractivity contribution is 6.83. The molecule has 0 amide bonds. The minimum atomic E-state index is -0.661. The van der Waals surface area contributed by atoms with Crippen molar-refractivity contribution in [2.75, 3.05) is 7.11 Å². The van der Waals surface area contributed by atoms with Gasteiger partial charge < -0.3 is 9.57 Å². The molecule has 22 heavy (non-hydrogen) atoms. The molecule has 0 bridgehead atoms. The lowest BCUT2D eigenvalue weighted by Gasteiger charge is -2.09. The number of hydrogen-bond donors (Lipinski definition) is 0. The largest absolute Gasteiger partial charge is 0.489 e. The number of oxime groups is 1. The van der Waals surface area contributed by atoms with Gasteiger partial charge in [-0.2, -0.15) is 0 Å². The molecule has 0 radical (unpaired) electrons. The van der Waals surface area contributed by atoms with Crippen LogP contribution in [0.4, 0.5) is 0 Å². The number of aryl methyl sites for hydroxylation is 1. The van der Waals surface area contributed by atoms with E-state index >= 15 is 0 Å². The molecule has 0 aromatic heterocycles. The molecule has 5 heteroatoms. The van der Waals surface area contributed by atoms with Crippen LogP contribution in [0.2, 0.25) is 0 Å². The Morgan fingerprint density at radius 3 is 2.41 bits per heavy atom. The molecule has 0 saturated carbocycles. The van der Waals surface area contributed by atoms with Crippen molar-refractivity contribution in [3.63, 3.8) is 0 Å². The molecular weight excluding hydrogens is 302 g/mol. The number of carbonyl (C=O) groups excluding carboxylic acids is 1. The van der Waals surface area contributed by atoms with E-state index in [1.54, 1.807) is 12.1 Å². The zero-order valence-electron chi connectivity index (χ0n) is 12.4. The van der Waals surface area contributed by atoms with Gasteiger partial charge in [-0.3, -0.25) is 4.79 Å². The normalized spacial score (nSPS) is 11.1. The predicted octanol–water partition coefficient (Wildman–Crippen LogP) is 3.69. The van der Waals surface area contributed by atoms with Crippen LogP contribution in [0, 0.1) is 6.92 Å². The van der Waals surface area contributed by atoms with E-state index in [-0.39, 0.29) is 5.71 Å². The molecule has 0 fully saturated rings. The molecule has 2 aromatic carbocycles. The molecule has 0 spiro atoms. The monoisotopic (exact) mass is 317 g/mol. The van der Waals surface area contributed by atoms with Crippen LogP contribution in [0.5, 0.6) is 5.75 Å². The maximum absolute atomic E-state index is 11.3. The lowest BCUT2D eigenvalue weighted by atomic mass is 10.1. The fourth-order valence-electron chi connectivity index (χ4n) is 1.93. The highest BCUT2D eigenvalue weighted by Crippen LogP contribution is 2.18. The number of para-hydroxylation sites is 1. The van der Waals surface area contributed by atoms with E-state index in [0.29, 0.717) is 12.2 Å². The minimum absolute atomic E-state index is 0.0792.